The van der Waals surface area contributed by atoms with Crippen molar-refractivity contribution in [3.63, 3.8) is 0 Å². The first-order valence-electron chi connectivity index (χ1n) is 7.70. The molecule has 1 N–H and O–H groups in total. The Morgan fingerprint density at radius 1 is 1.29 bits per heavy atom. The van der Waals surface area contributed by atoms with Gasteiger partial charge in [0.15, 0.2) is 0 Å². The fraction of sp³-hybridized carbons (Fsp3) is 0.588. The van der Waals surface area contributed by atoms with Crippen LogP contribution >= 0.6 is 0 Å². The molecule has 116 valence electrons. The molecule has 0 bridgehead atoms. The van der Waals surface area contributed by atoms with Gasteiger partial charge < -0.3 is 14.7 Å². The van der Waals surface area contributed by atoms with E-state index in [0.29, 0.717) is 13.2 Å². The summed E-state index contributed by atoms with van der Waals surface area (Å²) in [5, 5.41) is 10.3. The number of nitrogens with zero attached hydrogens (tertiary/aromatic N) is 1. The molecule has 1 aromatic rings. The summed E-state index contributed by atoms with van der Waals surface area (Å²) in [6.07, 6.45) is 3.77. The van der Waals surface area contributed by atoms with Crippen molar-refractivity contribution in [1.29, 1.82) is 0 Å². The van der Waals surface area contributed by atoms with Gasteiger partial charge in [-0.3, -0.25) is 4.79 Å². The lowest BCUT2D eigenvalue weighted by molar-refractivity contribution is -0.135. The van der Waals surface area contributed by atoms with Gasteiger partial charge in [0, 0.05) is 13.6 Å². The molecule has 0 spiro atoms. The van der Waals surface area contributed by atoms with Gasteiger partial charge in [-0.25, -0.2) is 0 Å². The van der Waals surface area contributed by atoms with Crippen LogP contribution in [-0.4, -0.2) is 35.2 Å². The molecule has 4 nitrogen and oxygen atoms in total. The zero-order valence-corrected chi connectivity index (χ0v) is 13.0. The highest BCUT2D eigenvalue weighted by Gasteiger charge is 2.34. The quantitative estimate of drug-likeness (QED) is 0.876. The summed E-state index contributed by atoms with van der Waals surface area (Å²) < 4.78 is 5.40. The van der Waals surface area contributed by atoms with Crippen LogP contribution in [0.2, 0.25) is 0 Å². The molecule has 21 heavy (non-hydrogen) atoms. The number of carbonyl (C=O) groups is 1. The van der Waals surface area contributed by atoms with Gasteiger partial charge in [0.05, 0.1) is 18.6 Å². The molecule has 1 saturated carbocycles. The Bertz CT molecular complexity index is 463. The molecule has 1 aliphatic rings. The van der Waals surface area contributed by atoms with E-state index in [-0.39, 0.29) is 12.3 Å². The van der Waals surface area contributed by atoms with Crippen LogP contribution in [-0.2, 0) is 11.3 Å². The molecule has 0 saturated heterocycles. The van der Waals surface area contributed by atoms with Crippen LogP contribution in [0.1, 0.15) is 44.6 Å². The largest absolute Gasteiger partial charge is 0.494 e. The molecule has 1 fully saturated rings. The third-order valence-electron chi connectivity index (χ3n) is 4.09. The molecule has 0 heterocycles. The first kappa shape index (κ1) is 15.8. The molecule has 1 amide bonds. The Labute approximate surface area is 126 Å². The third kappa shape index (κ3) is 4.46. The number of benzene rings is 1. The van der Waals surface area contributed by atoms with E-state index < -0.39 is 5.60 Å². The number of hydrogen-bond donors (Lipinski definition) is 1. The smallest absolute Gasteiger partial charge is 0.225 e. The number of amides is 1. The van der Waals surface area contributed by atoms with E-state index in [0.717, 1.165) is 37.0 Å². The number of aliphatic hydroxyl groups is 1. The standard InChI is InChI=1S/C17H25NO3/c1-3-21-15-8-6-14(7-9-15)13-18(2)16(19)12-17(20)10-4-5-11-17/h6-9,20H,3-5,10-13H2,1-2H3. The van der Waals surface area contributed by atoms with Crippen molar-refractivity contribution in [2.24, 2.45) is 0 Å². The van der Waals surface area contributed by atoms with Crippen LogP contribution in [0.15, 0.2) is 24.3 Å². The van der Waals surface area contributed by atoms with Crippen LogP contribution < -0.4 is 4.74 Å². The maximum absolute atomic E-state index is 12.2. The summed E-state index contributed by atoms with van der Waals surface area (Å²) in [6.45, 7) is 3.16. The maximum atomic E-state index is 12.2. The second-order valence-electron chi connectivity index (χ2n) is 5.93. The Morgan fingerprint density at radius 3 is 2.48 bits per heavy atom. The minimum absolute atomic E-state index is 0.00767. The lowest BCUT2D eigenvalue weighted by Crippen LogP contribution is -2.35. The highest BCUT2D eigenvalue weighted by molar-refractivity contribution is 5.77. The highest BCUT2D eigenvalue weighted by atomic mass is 16.5. The Morgan fingerprint density at radius 2 is 1.90 bits per heavy atom. The van der Waals surface area contributed by atoms with Gasteiger partial charge in [0.25, 0.3) is 0 Å². The van der Waals surface area contributed by atoms with Crippen molar-refractivity contribution in [3.05, 3.63) is 29.8 Å². The lowest BCUT2D eigenvalue weighted by atomic mass is 9.97. The van der Waals surface area contributed by atoms with Crippen LogP contribution in [0.25, 0.3) is 0 Å². The zero-order valence-electron chi connectivity index (χ0n) is 13.0. The fourth-order valence-electron chi connectivity index (χ4n) is 2.85. The second-order valence-corrected chi connectivity index (χ2v) is 5.93. The van der Waals surface area contributed by atoms with E-state index >= 15 is 0 Å². The first-order valence-corrected chi connectivity index (χ1v) is 7.70. The van der Waals surface area contributed by atoms with Crippen LogP contribution in [0, 0.1) is 0 Å². The molecule has 1 aliphatic carbocycles. The van der Waals surface area contributed by atoms with Crippen molar-refractivity contribution >= 4 is 5.91 Å². The lowest BCUT2D eigenvalue weighted by Gasteiger charge is -2.25. The number of ether oxygens (including phenoxy) is 1. The molecule has 0 aromatic heterocycles. The van der Waals surface area contributed by atoms with Gasteiger partial charge in [0.2, 0.25) is 5.91 Å². The molecular formula is C17H25NO3. The van der Waals surface area contributed by atoms with Crippen molar-refractivity contribution in [1.82, 2.24) is 4.90 Å². The summed E-state index contributed by atoms with van der Waals surface area (Å²) in [4.78, 5) is 13.9. The molecule has 0 radical (unpaired) electrons. The van der Waals surface area contributed by atoms with Gasteiger partial charge >= 0.3 is 0 Å². The predicted molar refractivity (Wildman–Crippen MR) is 82.1 cm³/mol. The molecule has 1 aromatic carbocycles. The highest BCUT2D eigenvalue weighted by Crippen LogP contribution is 2.32. The monoisotopic (exact) mass is 291 g/mol. The average molecular weight is 291 g/mol. The molecular weight excluding hydrogens is 266 g/mol. The summed E-state index contributed by atoms with van der Waals surface area (Å²) in [5.74, 6) is 0.851. The minimum atomic E-state index is -0.774. The number of carbonyl (C=O) groups excluding carboxylic acids is 1. The van der Waals surface area contributed by atoms with Crippen LogP contribution in [0.3, 0.4) is 0 Å². The van der Waals surface area contributed by atoms with Crippen molar-refractivity contribution < 1.29 is 14.6 Å². The van der Waals surface area contributed by atoms with E-state index in [2.05, 4.69) is 0 Å². The zero-order chi connectivity index (χ0) is 15.3. The molecule has 2 rings (SSSR count). The van der Waals surface area contributed by atoms with E-state index in [9.17, 15) is 9.90 Å². The van der Waals surface area contributed by atoms with E-state index in [1.165, 1.54) is 0 Å². The summed E-state index contributed by atoms with van der Waals surface area (Å²) in [5.41, 5.74) is 0.289. The topological polar surface area (TPSA) is 49.8 Å². The van der Waals surface area contributed by atoms with E-state index in [1.807, 2.05) is 31.2 Å². The van der Waals surface area contributed by atoms with E-state index in [4.69, 9.17) is 4.74 Å². The van der Waals surface area contributed by atoms with Crippen molar-refractivity contribution in [2.45, 2.75) is 51.2 Å². The molecule has 0 aliphatic heterocycles. The summed E-state index contributed by atoms with van der Waals surface area (Å²) in [7, 11) is 1.79. The molecule has 4 heteroatoms. The van der Waals surface area contributed by atoms with Crippen molar-refractivity contribution in [3.8, 4) is 5.75 Å². The normalized spacial score (nSPS) is 16.7. The average Bonchev–Trinajstić information content (AvgIpc) is 2.87. The SMILES string of the molecule is CCOc1ccc(CN(C)C(=O)CC2(O)CCCC2)cc1. The number of hydrogen-bond acceptors (Lipinski definition) is 3. The van der Waals surface area contributed by atoms with E-state index in [1.54, 1.807) is 11.9 Å². The first-order chi connectivity index (χ1) is 10.0. The Balaban J connectivity index is 1.87. The van der Waals surface area contributed by atoms with Gasteiger partial charge in [0.1, 0.15) is 5.75 Å². The Kier molecular flexibility index (Phi) is 5.23. The Hall–Kier alpha value is -1.55. The summed E-state index contributed by atoms with van der Waals surface area (Å²) >= 11 is 0. The molecule has 0 atom stereocenters. The predicted octanol–water partition coefficient (Wildman–Crippen LogP) is 2.74. The van der Waals surface area contributed by atoms with Crippen molar-refractivity contribution in [2.75, 3.05) is 13.7 Å². The molecule has 0 unspecified atom stereocenters. The number of rotatable bonds is 6. The second kappa shape index (κ2) is 6.94. The van der Waals surface area contributed by atoms with Gasteiger partial charge in [-0.1, -0.05) is 25.0 Å². The third-order valence-corrected chi connectivity index (χ3v) is 4.09. The minimum Gasteiger partial charge on any atom is -0.494 e. The maximum Gasteiger partial charge on any atom is 0.225 e. The van der Waals surface area contributed by atoms with Crippen LogP contribution in [0.5, 0.6) is 5.75 Å². The fourth-order valence-corrected chi connectivity index (χ4v) is 2.85. The van der Waals surface area contributed by atoms with Gasteiger partial charge in [-0.2, -0.15) is 0 Å². The van der Waals surface area contributed by atoms with Crippen LogP contribution in [0.4, 0.5) is 0 Å². The summed E-state index contributed by atoms with van der Waals surface area (Å²) in [6, 6.07) is 7.78. The van der Waals surface area contributed by atoms with Gasteiger partial charge in [-0.15, -0.1) is 0 Å². The van der Waals surface area contributed by atoms with Gasteiger partial charge in [-0.05, 0) is 37.5 Å².